The molecule has 1 aromatic carbocycles. The third-order valence-electron chi connectivity index (χ3n) is 2.89. The van der Waals surface area contributed by atoms with Crippen molar-refractivity contribution in [3.8, 4) is 5.75 Å². The van der Waals surface area contributed by atoms with Crippen molar-refractivity contribution in [2.75, 3.05) is 7.11 Å². The molecule has 0 spiro atoms. The highest BCUT2D eigenvalue weighted by molar-refractivity contribution is 6.32. The van der Waals surface area contributed by atoms with Crippen LogP contribution in [0.5, 0.6) is 5.75 Å². The van der Waals surface area contributed by atoms with Crippen molar-refractivity contribution in [1.29, 1.82) is 0 Å². The lowest BCUT2D eigenvalue weighted by molar-refractivity contribution is -0.389. The van der Waals surface area contributed by atoms with Gasteiger partial charge >= 0.3 is 5.82 Å². The first-order valence-corrected chi connectivity index (χ1v) is 6.35. The van der Waals surface area contributed by atoms with Gasteiger partial charge in [-0.1, -0.05) is 11.6 Å². The summed E-state index contributed by atoms with van der Waals surface area (Å²) in [6.45, 7) is 1.67. The number of rotatable bonds is 5. The van der Waals surface area contributed by atoms with Crippen LogP contribution in [0, 0.1) is 10.1 Å². The molecule has 0 bridgehead atoms. The maximum Gasteiger partial charge on any atom is 0.408 e. The Hall–Kier alpha value is -2.41. The lowest BCUT2D eigenvalue weighted by Gasteiger charge is -2.08. The Bertz CT molecular complexity index is 711. The lowest BCUT2D eigenvalue weighted by Crippen LogP contribution is -2.05. The second-order valence-electron chi connectivity index (χ2n) is 4.34. The molecule has 0 saturated heterocycles. The summed E-state index contributed by atoms with van der Waals surface area (Å²) in [5, 5.41) is 14.5. The minimum Gasteiger partial charge on any atom is -0.496 e. The van der Waals surface area contributed by atoms with Crippen molar-refractivity contribution in [2.45, 2.75) is 13.5 Å². The van der Waals surface area contributed by atoms with E-state index in [0.29, 0.717) is 16.9 Å². The van der Waals surface area contributed by atoms with Crippen LogP contribution in [0.25, 0.3) is 0 Å². The van der Waals surface area contributed by atoms with E-state index in [0.717, 1.165) is 0 Å². The van der Waals surface area contributed by atoms with Gasteiger partial charge in [-0.05, 0) is 30.0 Å². The topological polar surface area (TPSA) is 87.3 Å². The Morgan fingerprint density at radius 1 is 1.52 bits per heavy atom. The highest BCUT2D eigenvalue weighted by Crippen LogP contribution is 2.25. The van der Waals surface area contributed by atoms with Gasteiger partial charge in [-0.3, -0.25) is 4.79 Å². The van der Waals surface area contributed by atoms with Gasteiger partial charge in [0, 0.05) is 11.1 Å². The number of hydrogen-bond acceptors (Lipinski definition) is 5. The molecule has 0 fully saturated rings. The van der Waals surface area contributed by atoms with E-state index in [1.165, 1.54) is 24.9 Å². The van der Waals surface area contributed by atoms with Crippen LogP contribution >= 0.6 is 11.6 Å². The first kappa shape index (κ1) is 15.0. The number of nitro groups is 1. The summed E-state index contributed by atoms with van der Waals surface area (Å²) in [5.41, 5.74) is 1.21. The van der Waals surface area contributed by atoms with Gasteiger partial charge in [0.05, 0.1) is 25.0 Å². The third kappa shape index (κ3) is 3.19. The van der Waals surface area contributed by atoms with Gasteiger partial charge in [0.1, 0.15) is 5.75 Å². The van der Waals surface area contributed by atoms with E-state index in [4.69, 9.17) is 16.3 Å². The van der Waals surface area contributed by atoms with Crippen LogP contribution in [0.1, 0.15) is 22.8 Å². The van der Waals surface area contributed by atoms with Gasteiger partial charge in [0.2, 0.25) is 0 Å². The standard InChI is InChI=1S/C13H12ClN3O4/c1-8(18)9-3-4-12(21-2)10(5-9)6-16-7-11(14)13(15-16)17(19)20/h3-5,7H,6H2,1-2H3. The zero-order valence-electron chi connectivity index (χ0n) is 11.4. The molecule has 0 aliphatic rings. The molecule has 0 unspecified atom stereocenters. The molecule has 0 N–H and O–H groups in total. The molecule has 2 rings (SSSR count). The number of carbonyl (C=O) groups is 1. The average molecular weight is 310 g/mol. The van der Waals surface area contributed by atoms with Crippen LogP contribution in [0.3, 0.4) is 0 Å². The van der Waals surface area contributed by atoms with Crippen LogP contribution in [0.2, 0.25) is 5.02 Å². The molecular formula is C13H12ClN3O4. The van der Waals surface area contributed by atoms with Crippen LogP contribution in [-0.4, -0.2) is 27.6 Å². The van der Waals surface area contributed by atoms with Crippen LogP contribution < -0.4 is 4.74 Å². The number of methoxy groups -OCH3 is 1. The molecule has 0 aliphatic carbocycles. The van der Waals surface area contributed by atoms with E-state index in [1.807, 2.05) is 0 Å². The van der Waals surface area contributed by atoms with Crippen molar-refractivity contribution in [2.24, 2.45) is 0 Å². The van der Waals surface area contributed by atoms with Crippen molar-refractivity contribution < 1.29 is 14.5 Å². The number of halogens is 1. The van der Waals surface area contributed by atoms with E-state index in [1.54, 1.807) is 18.2 Å². The number of benzene rings is 1. The lowest BCUT2D eigenvalue weighted by atomic mass is 10.1. The largest absolute Gasteiger partial charge is 0.496 e. The van der Waals surface area contributed by atoms with Gasteiger partial charge in [-0.15, -0.1) is 0 Å². The van der Waals surface area contributed by atoms with Crippen molar-refractivity contribution in [1.82, 2.24) is 9.78 Å². The molecular weight excluding hydrogens is 298 g/mol. The number of ether oxygens (including phenoxy) is 1. The molecule has 2 aromatic rings. The van der Waals surface area contributed by atoms with E-state index >= 15 is 0 Å². The molecule has 0 aliphatic heterocycles. The van der Waals surface area contributed by atoms with E-state index in [-0.39, 0.29) is 17.4 Å². The van der Waals surface area contributed by atoms with Gasteiger partial charge in [0.25, 0.3) is 0 Å². The minimum absolute atomic E-state index is 0.0401. The Morgan fingerprint density at radius 3 is 2.76 bits per heavy atom. The van der Waals surface area contributed by atoms with Crippen molar-refractivity contribution in [3.63, 3.8) is 0 Å². The van der Waals surface area contributed by atoms with Gasteiger partial charge < -0.3 is 14.9 Å². The summed E-state index contributed by atoms with van der Waals surface area (Å²) in [7, 11) is 1.50. The van der Waals surface area contributed by atoms with Crippen LogP contribution in [-0.2, 0) is 6.54 Å². The number of ketones is 1. The highest BCUT2D eigenvalue weighted by Gasteiger charge is 2.20. The molecule has 1 heterocycles. The smallest absolute Gasteiger partial charge is 0.408 e. The van der Waals surface area contributed by atoms with Crippen LogP contribution in [0.15, 0.2) is 24.4 Å². The fourth-order valence-corrected chi connectivity index (χ4v) is 2.11. The monoisotopic (exact) mass is 309 g/mol. The molecule has 7 nitrogen and oxygen atoms in total. The van der Waals surface area contributed by atoms with Gasteiger partial charge in [0.15, 0.2) is 10.8 Å². The number of nitrogens with zero attached hydrogens (tertiary/aromatic N) is 3. The molecule has 8 heteroatoms. The zero-order chi connectivity index (χ0) is 15.6. The second kappa shape index (κ2) is 5.92. The summed E-state index contributed by atoms with van der Waals surface area (Å²) in [6.07, 6.45) is 1.36. The number of carbonyl (C=O) groups excluding carboxylic acids is 1. The molecule has 0 saturated carbocycles. The summed E-state index contributed by atoms with van der Waals surface area (Å²) in [5.74, 6) is 0.0796. The van der Waals surface area contributed by atoms with E-state index < -0.39 is 10.7 Å². The highest BCUT2D eigenvalue weighted by atomic mass is 35.5. The molecule has 0 radical (unpaired) electrons. The Kier molecular flexibility index (Phi) is 4.23. The quantitative estimate of drug-likeness (QED) is 0.481. The number of hydrogen-bond donors (Lipinski definition) is 0. The summed E-state index contributed by atoms with van der Waals surface area (Å²) in [4.78, 5) is 21.5. The van der Waals surface area contributed by atoms with Crippen molar-refractivity contribution >= 4 is 23.2 Å². The third-order valence-corrected chi connectivity index (χ3v) is 3.16. The summed E-state index contributed by atoms with van der Waals surface area (Å²) in [6, 6.07) is 5.00. The summed E-state index contributed by atoms with van der Waals surface area (Å²) < 4.78 is 6.55. The molecule has 1 aromatic heterocycles. The van der Waals surface area contributed by atoms with E-state index in [9.17, 15) is 14.9 Å². The maximum atomic E-state index is 11.4. The first-order chi connectivity index (χ1) is 9.92. The SMILES string of the molecule is COc1ccc(C(C)=O)cc1Cn1cc(Cl)c([N+](=O)[O-])n1. The number of Topliss-reactive ketones (excluding diaryl/α,β-unsaturated/α-hetero) is 1. The predicted octanol–water partition coefficient (Wildman–Crippen LogP) is 2.70. The molecule has 0 atom stereocenters. The predicted molar refractivity (Wildman–Crippen MR) is 76.0 cm³/mol. The molecule has 110 valence electrons. The van der Waals surface area contributed by atoms with Gasteiger partial charge in [-0.25, -0.2) is 0 Å². The first-order valence-electron chi connectivity index (χ1n) is 5.97. The molecule has 0 amide bonds. The normalized spacial score (nSPS) is 10.4. The Balaban J connectivity index is 2.38. The van der Waals surface area contributed by atoms with Crippen LogP contribution in [0.4, 0.5) is 5.82 Å². The maximum absolute atomic E-state index is 11.4. The second-order valence-corrected chi connectivity index (χ2v) is 4.75. The Labute approximate surface area is 125 Å². The zero-order valence-corrected chi connectivity index (χ0v) is 12.1. The Morgan fingerprint density at radius 2 is 2.24 bits per heavy atom. The van der Waals surface area contributed by atoms with E-state index in [2.05, 4.69) is 5.10 Å². The number of aromatic nitrogens is 2. The minimum atomic E-state index is -0.651. The average Bonchev–Trinajstić information content (AvgIpc) is 2.79. The fraction of sp³-hybridized carbons (Fsp3) is 0.231. The summed E-state index contributed by atoms with van der Waals surface area (Å²) >= 11 is 5.75. The fourth-order valence-electron chi connectivity index (χ4n) is 1.89. The van der Waals surface area contributed by atoms with Crippen molar-refractivity contribution in [3.05, 3.63) is 50.7 Å². The van der Waals surface area contributed by atoms with Gasteiger partial charge in [-0.2, -0.15) is 4.68 Å². The molecule has 21 heavy (non-hydrogen) atoms.